The number of ketones is 1. The Labute approximate surface area is 65.7 Å². The van der Waals surface area contributed by atoms with Gasteiger partial charge in [-0.25, -0.2) is 4.79 Å². The predicted octanol–water partition coefficient (Wildman–Crippen LogP) is 0.494. The van der Waals surface area contributed by atoms with Crippen molar-refractivity contribution in [3.8, 4) is 0 Å². The lowest BCUT2D eigenvalue weighted by Gasteiger charge is -2.17. The summed E-state index contributed by atoms with van der Waals surface area (Å²) >= 11 is 0. The number of aliphatic hydroxyl groups is 1. The molecule has 0 bridgehead atoms. The molecule has 0 aromatic heterocycles. The van der Waals surface area contributed by atoms with Crippen LogP contribution >= 0.6 is 0 Å². The van der Waals surface area contributed by atoms with Crippen LogP contribution in [0.15, 0.2) is 6.08 Å². The maximum absolute atomic E-state index is 11.0. The predicted molar refractivity (Wildman–Crippen MR) is 40.8 cm³/mol. The van der Waals surface area contributed by atoms with E-state index in [0.717, 1.165) is 6.08 Å². The van der Waals surface area contributed by atoms with Gasteiger partial charge in [0.15, 0.2) is 11.4 Å². The van der Waals surface area contributed by atoms with Crippen molar-refractivity contribution in [3.63, 3.8) is 0 Å². The molecular formula is C8H12O3. The highest BCUT2D eigenvalue weighted by atomic mass is 16.3. The maximum atomic E-state index is 11.0. The molecule has 0 aliphatic rings. The fourth-order valence-corrected chi connectivity index (χ4v) is 0.783. The molecule has 3 heteroatoms. The van der Waals surface area contributed by atoms with E-state index in [1.807, 2.05) is 0 Å². The van der Waals surface area contributed by atoms with Crippen molar-refractivity contribution in [2.75, 3.05) is 0 Å². The molecule has 0 amide bonds. The molecule has 0 aromatic carbocycles. The van der Waals surface area contributed by atoms with Gasteiger partial charge in [-0.3, -0.25) is 4.79 Å². The molecular weight excluding hydrogens is 144 g/mol. The first-order valence-corrected chi connectivity index (χ1v) is 3.58. The van der Waals surface area contributed by atoms with Gasteiger partial charge in [-0.2, -0.15) is 0 Å². The van der Waals surface area contributed by atoms with Crippen molar-refractivity contribution in [3.05, 3.63) is 6.08 Å². The third kappa shape index (κ3) is 2.30. The van der Waals surface area contributed by atoms with E-state index < -0.39 is 5.60 Å². The molecule has 0 heterocycles. The fraction of sp³-hybridized carbons (Fsp3) is 0.625. The average Bonchev–Trinajstić information content (AvgIpc) is 2.03. The van der Waals surface area contributed by atoms with E-state index in [1.54, 1.807) is 13.8 Å². The Kier molecular flexibility index (Phi) is 3.72. The van der Waals surface area contributed by atoms with Gasteiger partial charge in [0.05, 0.1) is 0 Å². The summed E-state index contributed by atoms with van der Waals surface area (Å²) in [6.45, 7) is 3.28. The van der Waals surface area contributed by atoms with E-state index >= 15 is 0 Å². The van der Waals surface area contributed by atoms with Gasteiger partial charge in [0.1, 0.15) is 5.94 Å². The Morgan fingerprint density at radius 2 is 2.18 bits per heavy atom. The van der Waals surface area contributed by atoms with Gasteiger partial charge < -0.3 is 5.11 Å². The van der Waals surface area contributed by atoms with Crippen LogP contribution in [0.3, 0.4) is 0 Å². The highest BCUT2D eigenvalue weighted by Crippen LogP contribution is 2.13. The van der Waals surface area contributed by atoms with Gasteiger partial charge in [-0.05, 0) is 6.42 Å². The number of Topliss-reactive ketones (excluding diaryl/α,β-unsaturated/α-hetero) is 1. The molecule has 11 heavy (non-hydrogen) atoms. The first-order chi connectivity index (χ1) is 5.10. The molecule has 1 atom stereocenters. The average molecular weight is 156 g/mol. The maximum Gasteiger partial charge on any atom is 0.168 e. The second-order valence-corrected chi connectivity index (χ2v) is 2.32. The van der Waals surface area contributed by atoms with Gasteiger partial charge in [0.2, 0.25) is 0 Å². The van der Waals surface area contributed by atoms with E-state index in [-0.39, 0.29) is 18.6 Å². The van der Waals surface area contributed by atoms with Crippen LogP contribution in [0.1, 0.15) is 26.7 Å². The molecule has 0 saturated carbocycles. The molecule has 0 aromatic rings. The number of hydrogen-bond donors (Lipinski definition) is 1. The molecule has 0 radical (unpaired) electrons. The highest BCUT2D eigenvalue weighted by Gasteiger charge is 2.29. The van der Waals surface area contributed by atoms with Crippen molar-refractivity contribution in [1.82, 2.24) is 0 Å². The topological polar surface area (TPSA) is 54.4 Å². The van der Waals surface area contributed by atoms with Crippen molar-refractivity contribution >= 4 is 11.7 Å². The van der Waals surface area contributed by atoms with E-state index in [1.165, 1.54) is 5.94 Å². The second kappa shape index (κ2) is 4.06. The third-order valence-electron chi connectivity index (χ3n) is 1.64. The van der Waals surface area contributed by atoms with Crippen molar-refractivity contribution in [2.24, 2.45) is 0 Å². The van der Waals surface area contributed by atoms with Crippen molar-refractivity contribution < 1.29 is 14.7 Å². The van der Waals surface area contributed by atoms with Crippen LogP contribution in [0, 0.1) is 0 Å². The van der Waals surface area contributed by atoms with Crippen LogP contribution in [0.4, 0.5) is 0 Å². The first-order valence-electron chi connectivity index (χ1n) is 3.58. The molecule has 0 fully saturated rings. The lowest BCUT2D eigenvalue weighted by atomic mass is 9.94. The van der Waals surface area contributed by atoms with Crippen molar-refractivity contribution in [2.45, 2.75) is 32.3 Å². The third-order valence-corrected chi connectivity index (χ3v) is 1.64. The van der Waals surface area contributed by atoms with Crippen LogP contribution < -0.4 is 0 Å². The molecule has 3 nitrogen and oxygen atoms in total. The smallest absolute Gasteiger partial charge is 0.168 e. The van der Waals surface area contributed by atoms with Gasteiger partial charge >= 0.3 is 0 Å². The van der Waals surface area contributed by atoms with Gasteiger partial charge in [0.25, 0.3) is 0 Å². The Balaban J connectivity index is 4.58. The monoisotopic (exact) mass is 156 g/mol. The SMILES string of the molecule is CCC(=O)[C@@](O)(C=C=O)CC. The Morgan fingerprint density at radius 1 is 1.64 bits per heavy atom. The van der Waals surface area contributed by atoms with E-state index in [9.17, 15) is 14.7 Å². The van der Waals surface area contributed by atoms with Crippen LogP contribution in [-0.2, 0) is 9.59 Å². The molecule has 0 aliphatic heterocycles. The number of hydrogen-bond acceptors (Lipinski definition) is 3. The summed E-state index contributed by atoms with van der Waals surface area (Å²) in [5, 5.41) is 9.42. The summed E-state index contributed by atoms with van der Waals surface area (Å²) in [4.78, 5) is 20.9. The van der Waals surface area contributed by atoms with Gasteiger partial charge in [-0.1, -0.05) is 13.8 Å². The van der Waals surface area contributed by atoms with Gasteiger partial charge in [-0.15, -0.1) is 0 Å². The summed E-state index contributed by atoms with van der Waals surface area (Å²) in [5.74, 6) is 1.08. The molecule has 0 spiro atoms. The fourth-order valence-electron chi connectivity index (χ4n) is 0.783. The minimum Gasteiger partial charge on any atom is -0.377 e. The first kappa shape index (κ1) is 10.1. The minimum absolute atomic E-state index is 0.217. The second-order valence-electron chi connectivity index (χ2n) is 2.32. The van der Waals surface area contributed by atoms with E-state index in [4.69, 9.17) is 0 Å². The Bertz CT molecular complexity index is 192. The number of rotatable bonds is 4. The molecule has 0 unspecified atom stereocenters. The van der Waals surface area contributed by atoms with E-state index in [0.29, 0.717) is 0 Å². The summed E-state index contributed by atoms with van der Waals surface area (Å²) in [5.41, 5.74) is -1.59. The number of carbonyl (C=O) groups is 1. The molecule has 1 N–H and O–H groups in total. The standard InChI is InChI=1S/C8H12O3/c1-3-7(10)8(11,4-2)5-6-9/h5,11H,3-4H2,1-2H3/t8-/m0/s1. The quantitative estimate of drug-likeness (QED) is 0.603. The molecule has 62 valence electrons. The zero-order chi connectivity index (χ0) is 8.91. The number of carbonyl (C=O) groups excluding carboxylic acids is 2. The summed E-state index contributed by atoms with van der Waals surface area (Å²) in [6.07, 6.45) is 1.32. The molecule has 0 rings (SSSR count). The van der Waals surface area contributed by atoms with Gasteiger partial charge in [0, 0.05) is 12.5 Å². The minimum atomic E-state index is -1.59. The lowest BCUT2D eigenvalue weighted by Crippen LogP contribution is -2.35. The van der Waals surface area contributed by atoms with E-state index in [2.05, 4.69) is 0 Å². The largest absolute Gasteiger partial charge is 0.377 e. The summed E-state index contributed by atoms with van der Waals surface area (Å²) in [6, 6.07) is 0. The Hall–Kier alpha value is -0.920. The van der Waals surface area contributed by atoms with Crippen LogP contribution in [0.25, 0.3) is 0 Å². The Morgan fingerprint density at radius 3 is 2.45 bits per heavy atom. The van der Waals surface area contributed by atoms with Crippen molar-refractivity contribution in [1.29, 1.82) is 0 Å². The summed E-state index contributed by atoms with van der Waals surface area (Å²) in [7, 11) is 0. The van der Waals surface area contributed by atoms with Crippen LogP contribution in [0.2, 0.25) is 0 Å². The molecule has 0 saturated heterocycles. The normalized spacial score (nSPS) is 14.8. The summed E-state index contributed by atoms with van der Waals surface area (Å²) < 4.78 is 0. The molecule has 0 aliphatic carbocycles. The van der Waals surface area contributed by atoms with Crippen LogP contribution in [0.5, 0.6) is 0 Å². The zero-order valence-electron chi connectivity index (χ0n) is 6.76. The highest BCUT2D eigenvalue weighted by molar-refractivity contribution is 5.90. The van der Waals surface area contributed by atoms with Crippen LogP contribution in [-0.4, -0.2) is 22.4 Å². The zero-order valence-corrected chi connectivity index (χ0v) is 6.76. The lowest BCUT2D eigenvalue weighted by molar-refractivity contribution is -0.132.